The van der Waals surface area contributed by atoms with Crippen LogP contribution in [0.5, 0.6) is 0 Å². The summed E-state index contributed by atoms with van der Waals surface area (Å²) in [5.74, 6) is -0.238. The summed E-state index contributed by atoms with van der Waals surface area (Å²) in [6, 6.07) is 4.65. The minimum atomic E-state index is -0.538. The van der Waals surface area contributed by atoms with Crippen LogP contribution >= 0.6 is 0 Å². The maximum Gasteiger partial charge on any atom is 0.123 e. The van der Waals surface area contributed by atoms with Gasteiger partial charge < -0.3 is 9.84 Å². The average molecular weight is 240 g/mol. The van der Waals surface area contributed by atoms with E-state index in [2.05, 4.69) is 0 Å². The first-order valence-electron chi connectivity index (χ1n) is 6.13. The molecule has 96 valence electrons. The number of halogens is 1. The van der Waals surface area contributed by atoms with Crippen LogP contribution < -0.4 is 0 Å². The van der Waals surface area contributed by atoms with Gasteiger partial charge in [-0.1, -0.05) is 13.0 Å². The lowest BCUT2D eigenvalue weighted by Crippen LogP contribution is -2.30. The molecule has 0 aliphatic rings. The van der Waals surface area contributed by atoms with Gasteiger partial charge in [0.2, 0.25) is 0 Å². The van der Waals surface area contributed by atoms with E-state index in [1.54, 1.807) is 6.07 Å². The molecule has 0 radical (unpaired) electrons. The SMILES string of the molecule is CCOC(CC)C(O)Cc1ccc(F)cc1C. The van der Waals surface area contributed by atoms with E-state index in [-0.39, 0.29) is 11.9 Å². The van der Waals surface area contributed by atoms with E-state index < -0.39 is 6.10 Å². The van der Waals surface area contributed by atoms with Crippen LogP contribution in [0.3, 0.4) is 0 Å². The van der Waals surface area contributed by atoms with Gasteiger partial charge in [0.25, 0.3) is 0 Å². The molecule has 0 fully saturated rings. The van der Waals surface area contributed by atoms with Crippen LogP contribution in [0.1, 0.15) is 31.4 Å². The fourth-order valence-electron chi connectivity index (χ4n) is 1.96. The Morgan fingerprint density at radius 3 is 2.59 bits per heavy atom. The highest BCUT2D eigenvalue weighted by atomic mass is 19.1. The summed E-state index contributed by atoms with van der Waals surface area (Å²) in [4.78, 5) is 0. The van der Waals surface area contributed by atoms with E-state index >= 15 is 0 Å². The number of aliphatic hydroxyl groups excluding tert-OH is 1. The summed E-state index contributed by atoms with van der Waals surface area (Å²) in [7, 11) is 0. The van der Waals surface area contributed by atoms with Crippen LogP contribution in [0.15, 0.2) is 18.2 Å². The number of aryl methyl sites for hydroxylation is 1. The molecule has 0 aromatic heterocycles. The van der Waals surface area contributed by atoms with E-state index in [1.807, 2.05) is 20.8 Å². The second kappa shape index (κ2) is 6.72. The van der Waals surface area contributed by atoms with Gasteiger partial charge in [-0.2, -0.15) is 0 Å². The number of aliphatic hydroxyl groups is 1. The monoisotopic (exact) mass is 240 g/mol. The zero-order valence-corrected chi connectivity index (χ0v) is 10.7. The molecule has 0 heterocycles. The lowest BCUT2D eigenvalue weighted by Gasteiger charge is -2.22. The molecule has 17 heavy (non-hydrogen) atoms. The predicted octanol–water partition coefficient (Wildman–Crippen LogP) is 2.85. The van der Waals surface area contributed by atoms with Crippen LogP contribution in [0.2, 0.25) is 0 Å². The summed E-state index contributed by atoms with van der Waals surface area (Å²) >= 11 is 0. The molecule has 1 aromatic carbocycles. The molecule has 1 aromatic rings. The van der Waals surface area contributed by atoms with Gasteiger partial charge in [0.05, 0.1) is 12.2 Å². The summed E-state index contributed by atoms with van der Waals surface area (Å²) < 4.78 is 18.4. The molecule has 0 spiro atoms. The van der Waals surface area contributed by atoms with E-state index in [9.17, 15) is 9.50 Å². The van der Waals surface area contributed by atoms with Gasteiger partial charge in [-0.15, -0.1) is 0 Å². The van der Waals surface area contributed by atoms with Crippen molar-refractivity contribution in [1.82, 2.24) is 0 Å². The van der Waals surface area contributed by atoms with Crippen LogP contribution in [-0.4, -0.2) is 23.9 Å². The third-order valence-electron chi connectivity index (χ3n) is 2.95. The summed E-state index contributed by atoms with van der Waals surface area (Å²) in [5, 5.41) is 10.1. The normalized spacial score (nSPS) is 14.6. The van der Waals surface area contributed by atoms with E-state index in [0.29, 0.717) is 13.0 Å². The molecule has 0 saturated heterocycles. The summed E-state index contributed by atoms with van der Waals surface area (Å²) in [5.41, 5.74) is 1.84. The molecule has 1 N–H and O–H groups in total. The molecule has 3 heteroatoms. The molecule has 0 amide bonds. The Hall–Kier alpha value is -0.930. The highest BCUT2D eigenvalue weighted by Gasteiger charge is 2.18. The smallest absolute Gasteiger partial charge is 0.123 e. The lowest BCUT2D eigenvalue weighted by molar-refractivity contribution is -0.0335. The standard InChI is InChI=1S/C14H21FO2/c1-4-14(17-5-2)13(16)9-11-6-7-12(15)8-10(11)3/h6-8,13-14,16H,4-5,9H2,1-3H3. The molecule has 0 aliphatic heterocycles. The third-order valence-corrected chi connectivity index (χ3v) is 2.95. The molecule has 2 atom stereocenters. The minimum absolute atomic E-state index is 0.149. The second-order valence-corrected chi connectivity index (χ2v) is 4.24. The molecule has 0 bridgehead atoms. The Bertz CT molecular complexity index is 352. The highest BCUT2D eigenvalue weighted by Crippen LogP contribution is 2.15. The van der Waals surface area contributed by atoms with Gasteiger partial charge in [0.1, 0.15) is 5.82 Å². The Balaban J connectivity index is 2.69. The maximum absolute atomic E-state index is 12.9. The van der Waals surface area contributed by atoms with Gasteiger partial charge in [0, 0.05) is 13.0 Å². The topological polar surface area (TPSA) is 29.5 Å². The molecule has 2 unspecified atom stereocenters. The maximum atomic E-state index is 12.9. The van der Waals surface area contributed by atoms with Crippen LogP contribution in [0.25, 0.3) is 0 Å². The fraction of sp³-hybridized carbons (Fsp3) is 0.571. The summed E-state index contributed by atoms with van der Waals surface area (Å²) in [6.45, 7) is 6.35. The number of benzene rings is 1. The van der Waals surface area contributed by atoms with Crippen molar-refractivity contribution in [2.75, 3.05) is 6.61 Å². The van der Waals surface area contributed by atoms with E-state index in [0.717, 1.165) is 17.5 Å². The van der Waals surface area contributed by atoms with Gasteiger partial charge >= 0.3 is 0 Å². The predicted molar refractivity (Wildman–Crippen MR) is 66.6 cm³/mol. The van der Waals surface area contributed by atoms with Crippen molar-refractivity contribution in [2.45, 2.75) is 45.8 Å². The van der Waals surface area contributed by atoms with Crippen molar-refractivity contribution in [3.63, 3.8) is 0 Å². The van der Waals surface area contributed by atoms with Gasteiger partial charge in [-0.3, -0.25) is 0 Å². The van der Waals surface area contributed by atoms with Gasteiger partial charge in [0.15, 0.2) is 0 Å². The Morgan fingerprint density at radius 1 is 1.35 bits per heavy atom. The highest BCUT2D eigenvalue weighted by molar-refractivity contribution is 5.27. The summed E-state index contributed by atoms with van der Waals surface area (Å²) in [6.07, 6.45) is 0.591. The second-order valence-electron chi connectivity index (χ2n) is 4.24. The first-order chi connectivity index (χ1) is 8.08. The van der Waals surface area contributed by atoms with Crippen molar-refractivity contribution < 1.29 is 14.2 Å². The fourth-order valence-corrected chi connectivity index (χ4v) is 1.96. The van der Waals surface area contributed by atoms with Crippen molar-refractivity contribution >= 4 is 0 Å². The molecule has 2 nitrogen and oxygen atoms in total. The Morgan fingerprint density at radius 2 is 2.06 bits per heavy atom. The molecule has 0 aliphatic carbocycles. The zero-order chi connectivity index (χ0) is 12.8. The number of hydrogen-bond acceptors (Lipinski definition) is 2. The Kier molecular flexibility index (Phi) is 5.59. The van der Waals surface area contributed by atoms with Crippen LogP contribution in [-0.2, 0) is 11.2 Å². The van der Waals surface area contributed by atoms with Crippen LogP contribution in [0, 0.1) is 12.7 Å². The van der Waals surface area contributed by atoms with E-state index in [4.69, 9.17) is 4.74 Å². The van der Waals surface area contributed by atoms with Crippen molar-refractivity contribution in [3.8, 4) is 0 Å². The largest absolute Gasteiger partial charge is 0.390 e. The average Bonchev–Trinajstić information content (AvgIpc) is 2.29. The Labute approximate surface area is 102 Å². The minimum Gasteiger partial charge on any atom is -0.390 e. The molecule has 0 saturated carbocycles. The molecule has 1 rings (SSSR count). The van der Waals surface area contributed by atoms with Crippen molar-refractivity contribution in [3.05, 3.63) is 35.1 Å². The molecular weight excluding hydrogens is 219 g/mol. The van der Waals surface area contributed by atoms with Crippen LogP contribution in [0.4, 0.5) is 4.39 Å². The van der Waals surface area contributed by atoms with E-state index in [1.165, 1.54) is 12.1 Å². The van der Waals surface area contributed by atoms with Gasteiger partial charge in [-0.25, -0.2) is 4.39 Å². The number of hydrogen-bond donors (Lipinski definition) is 1. The third kappa shape index (κ3) is 4.10. The number of rotatable bonds is 6. The quantitative estimate of drug-likeness (QED) is 0.828. The lowest BCUT2D eigenvalue weighted by atomic mass is 9.98. The first kappa shape index (κ1) is 14.1. The number of ether oxygens (including phenoxy) is 1. The van der Waals surface area contributed by atoms with Crippen molar-refractivity contribution in [1.29, 1.82) is 0 Å². The van der Waals surface area contributed by atoms with Gasteiger partial charge in [-0.05, 0) is 43.5 Å². The molecular formula is C14H21FO2. The first-order valence-corrected chi connectivity index (χ1v) is 6.13. The zero-order valence-electron chi connectivity index (χ0n) is 10.7. The van der Waals surface area contributed by atoms with Crippen molar-refractivity contribution in [2.24, 2.45) is 0 Å².